The number of guanidine groups is 1. The molecule has 3 rings (SSSR count). The first-order valence-electron chi connectivity index (χ1n) is 9.67. The Morgan fingerprint density at radius 1 is 1.15 bits per heavy atom. The van der Waals surface area contributed by atoms with Gasteiger partial charge in [-0.25, -0.2) is 8.42 Å². The minimum Gasteiger partial charge on any atom is -0.356 e. The molecule has 27 heavy (non-hydrogen) atoms. The summed E-state index contributed by atoms with van der Waals surface area (Å²) < 4.78 is 23.1. The zero-order valence-corrected chi connectivity index (χ0v) is 19.6. The maximum Gasteiger partial charge on any atom is 0.193 e. The average molecular weight is 505 g/mol. The van der Waals surface area contributed by atoms with E-state index in [0.717, 1.165) is 37.6 Å². The second-order valence-corrected chi connectivity index (χ2v) is 9.89. The summed E-state index contributed by atoms with van der Waals surface area (Å²) in [7, 11) is -1.27. The lowest BCUT2D eigenvalue weighted by molar-refractivity contribution is 0.203. The van der Waals surface area contributed by atoms with Crippen molar-refractivity contribution >= 4 is 39.8 Å². The summed E-state index contributed by atoms with van der Waals surface area (Å²) in [6, 6.07) is 7.17. The van der Waals surface area contributed by atoms with Gasteiger partial charge >= 0.3 is 0 Å². The summed E-state index contributed by atoms with van der Waals surface area (Å²) in [5.74, 6) is 1.00. The van der Waals surface area contributed by atoms with E-state index in [1.54, 1.807) is 12.1 Å². The first-order valence-corrected chi connectivity index (χ1v) is 11.6. The molecule has 7 heteroatoms. The monoisotopic (exact) mass is 505 g/mol. The van der Waals surface area contributed by atoms with Gasteiger partial charge in [-0.05, 0) is 48.8 Å². The molecule has 1 N–H and O–H groups in total. The van der Waals surface area contributed by atoms with Crippen LogP contribution in [-0.4, -0.2) is 52.2 Å². The maximum absolute atomic E-state index is 11.5. The fraction of sp³-hybridized carbons (Fsp3) is 0.650. The SMILES string of the molecule is CN=C(NCCc1ccc(S(C)(=O)=O)cc1)N1CCC2(CCCCC2)C1.I. The minimum atomic E-state index is -3.12. The van der Waals surface area contributed by atoms with Gasteiger partial charge in [0.1, 0.15) is 0 Å². The molecule has 1 spiro atoms. The smallest absolute Gasteiger partial charge is 0.193 e. The van der Waals surface area contributed by atoms with E-state index in [-0.39, 0.29) is 24.0 Å². The van der Waals surface area contributed by atoms with Crippen LogP contribution >= 0.6 is 24.0 Å². The third-order valence-corrected chi connectivity index (χ3v) is 7.04. The van der Waals surface area contributed by atoms with Gasteiger partial charge in [-0.1, -0.05) is 31.4 Å². The van der Waals surface area contributed by atoms with Crippen molar-refractivity contribution in [1.29, 1.82) is 0 Å². The summed E-state index contributed by atoms with van der Waals surface area (Å²) >= 11 is 0. The largest absolute Gasteiger partial charge is 0.356 e. The Balaban J connectivity index is 0.00000261. The molecule has 1 aromatic rings. The number of hydrogen-bond donors (Lipinski definition) is 1. The Morgan fingerprint density at radius 3 is 2.41 bits per heavy atom. The molecular formula is C20H32IN3O2S. The molecule has 1 saturated heterocycles. The molecule has 0 radical (unpaired) electrons. The molecule has 2 fully saturated rings. The van der Waals surface area contributed by atoms with E-state index in [1.165, 1.54) is 44.8 Å². The second kappa shape index (κ2) is 9.58. The molecule has 152 valence electrons. The van der Waals surface area contributed by atoms with E-state index in [1.807, 2.05) is 19.2 Å². The van der Waals surface area contributed by atoms with E-state index in [2.05, 4.69) is 15.2 Å². The number of nitrogens with one attached hydrogen (secondary N) is 1. The van der Waals surface area contributed by atoms with Gasteiger partial charge in [0.15, 0.2) is 15.8 Å². The van der Waals surface area contributed by atoms with Crippen LogP contribution in [0, 0.1) is 5.41 Å². The molecule has 1 heterocycles. The topological polar surface area (TPSA) is 61.8 Å². The Morgan fingerprint density at radius 2 is 1.81 bits per heavy atom. The van der Waals surface area contributed by atoms with Crippen molar-refractivity contribution in [1.82, 2.24) is 10.2 Å². The third-order valence-electron chi connectivity index (χ3n) is 5.91. The van der Waals surface area contributed by atoms with Gasteiger partial charge in [-0.15, -0.1) is 24.0 Å². The minimum absolute atomic E-state index is 0. The van der Waals surface area contributed by atoms with Crippen LogP contribution in [0.4, 0.5) is 0 Å². The summed E-state index contributed by atoms with van der Waals surface area (Å²) in [6.07, 6.45) is 10.3. The summed E-state index contributed by atoms with van der Waals surface area (Å²) in [5, 5.41) is 3.48. The molecule has 1 saturated carbocycles. The van der Waals surface area contributed by atoms with Gasteiger partial charge in [-0.3, -0.25) is 4.99 Å². The molecule has 1 aromatic carbocycles. The standard InChI is InChI=1S/C20H31N3O2S.HI/c1-21-19(23-15-13-20(16-23)11-4-3-5-12-20)22-14-10-17-6-8-18(9-7-17)26(2,24)25;/h6-9H,3-5,10-16H2,1-2H3,(H,21,22);1H. The van der Waals surface area contributed by atoms with E-state index >= 15 is 0 Å². The van der Waals surface area contributed by atoms with Crippen LogP contribution in [0.25, 0.3) is 0 Å². The molecule has 5 nitrogen and oxygen atoms in total. The van der Waals surface area contributed by atoms with Crippen molar-refractivity contribution < 1.29 is 8.42 Å². The molecular weight excluding hydrogens is 473 g/mol. The Hall–Kier alpha value is -0.830. The fourth-order valence-corrected chi connectivity index (χ4v) is 5.01. The molecule has 0 amide bonds. The van der Waals surface area contributed by atoms with Crippen molar-refractivity contribution in [2.75, 3.05) is 32.9 Å². The van der Waals surface area contributed by atoms with E-state index < -0.39 is 9.84 Å². The lowest BCUT2D eigenvalue weighted by Crippen LogP contribution is -2.42. The molecule has 0 unspecified atom stereocenters. The Bertz CT molecular complexity index is 741. The highest BCUT2D eigenvalue weighted by Gasteiger charge is 2.39. The second-order valence-electron chi connectivity index (χ2n) is 7.87. The Labute approximate surface area is 181 Å². The Kier molecular flexibility index (Phi) is 7.97. The van der Waals surface area contributed by atoms with Crippen LogP contribution in [-0.2, 0) is 16.3 Å². The predicted molar refractivity (Wildman–Crippen MR) is 122 cm³/mol. The highest BCUT2D eigenvalue weighted by atomic mass is 127. The normalized spacial score (nSPS) is 19.8. The van der Waals surface area contributed by atoms with Crippen LogP contribution in [0.2, 0.25) is 0 Å². The molecule has 2 aliphatic rings. The lowest BCUT2D eigenvalue weighted by atomic mass is 9.73. The zero-order valence-electron chi connectivity index (χ0n) is 16.4. The fourth-order valence-electron chi connectivity index (χ4n) is 4.38. The van der Waals surface area contributed by atoms with E-state index in [4.69, 9.17) is 0 Å². The van der Waals surface area contributed by atoms with Gasteiger partial charge in [0.2, 0.25) is 0 Å². The predicted octanol–water partition coefficient (Wildman–Crippen LogP) is 3.48. The zero-order chi connectivity index (χ0) is 18.6. The van der Waals surface area contributed by atoms with Gasteiger partial charge < -0.3 is 10.2 Å². The number of halogens is 1. The summed E-state index contributed by atoms with van der Waals surface area (Å²) in [5.41, 5.74) is 1.66. The van der Waals surface area contributed by atoms with Crippen molar-refractivity contribution in [2.45, 2.75) is 49.8 Å². The molecule has 1 aliphatic heterocycles. The highest BCUT2D eigenvalue weighted by molar-refractivity contribution is 14.0. The number of sulfone groups is 1. The van der Waals surface area contributed by atoms with Crippen LogP contribution in [0.3, 0.4) is 0 Å². The van der Waals surface area contributed by atoms with E-state index in [0.29, 0.717) is 10.3 Å². The van der Waals surface area contributed by atoms with Gasteiger partial charge in [-0.2, -0.15) is 0 Å². The van der Waals surface area contributed by atoms with Crippen molar-refractivity contribution in [2.24, 2.45) is 10.4 Å². The molecule has 0 aromatic heterocycles. The van der Waals surface area contributed by atoms with Gasteiger partial charge in [0.05, 0.1) is 4.90 Å². The number of nitrogens with zero attached hydrogens (tertiary/aromatic N) is 2. The lowest BCUT2D eigenvalue weighted by Gasteiger charge is -2.33. The summed E-state index contributed by atoms with van der Waals surface area (Å²) in [6.45, 7) is 3.03. The van der Waals surface area contributed by atoms with Crippen LogP contribution in [0.1, 0.15) is 44.1 Å². The highest BCUT2D eigenvalue weighted by Crippen LogP contribution is 2.43. The molecule has 0 bridgehead atoms. The van der Waals surface area contributed by atoms with Crippen molar-refractivity contribution in [3.05, 3.63) is 29.8 Å². The number of aliphatic imine (C=N–C) groups is 1. The van der Waals surface area contributed by atoms with Crippen LogP contribution < -0.4 is 5.32 Å². The van der Waals surface area contributed by atoms with E-state index in [9.17, 15) is 8.42 Å². The third kappa shape index (κ3) is 5.82. The number of rotatable bonds is 4. The van der Waals surface area contributed by atoms with Crippen LogP contribution in [0.5, 0.6) is 0 Å². The van der Waals surface area contributed by atoms with Gasteiger partial charge in [0, 0.05) is 32.9 Å². The first kappa shape index (κ1) is 22.5. The van der Waals surface area contributed by atoms with Gasteiger partial charge in [0.25, 0.3) is 0 Å². The number of hydrogen-bond acceptors (Lipinski definition) is 3. The quantitative estimate of drug-likeness (QED) is 0.387. The van der Waals surface area contributed by atoms with Crippen LogP contribution in [0.15, 0.2) is 34.2 Å². The average Bonchev–Trinajstić information content (AvgIpc) is 3.02. The maximum atomic E-state index is 11.5. The molecule has 0 atom stereocenters. The number of benzene rings is 1. The first-order chi connectivity index (χ1) is 12.4. The van der Waals surface area contributed by atoms with Crippen molar-refractivity contribution in [3.63, 3.8) is 0 Å². The van der Waals surface area contributed by atoms with Crippen molar-refractivity contribution in [3.8, 4) is 0 Å². The summed E-state index contributed by atoms with van der Waals surface area (Å²) in [4.78, 5) is 7.27. The number of likely N-dealkylation sites (tertiary alicyclic amines) is 1. The molecule has 1 aliphatic carbocycles.